The third-order valence-electron chi connectivity index (χ3n) is 5.34. The molecule has 0 aliphatic heterocycles. The molecule has 0 spiro atoms. The SMILES string of the molecule is CCCCCCCCCCCCCCCCCCN(C)CCCCO. The second kappa shape index (κ2) is 22.0. The molecular formula is C23H49NO. The zero-order valence-electron chi connectivity index (χ0n) is 17.7. The Bertz CT molecular complexity index is 232. The molecule has 0 atom stereocenters. The highest BCUT2D eigenvalue weighted by atomic mass is 16.2. The lowest BCUT2D eigenvalue weighted by atomic mass is 10.0. The monoisotopic (exact) mass is 355 g/mol. The topological polar surface area (TPSA) is 23.5 Å². The normalized spacial score (nSPS) is 11.5. The van der Waals surface area contributed by atoms with Crippen molar-refractivity contribution in [3.8, 4) is 0 Å². The number of unbranched alkanes of at least 4 members (excludes halogenated alkanes) is 16. The first-order chi connectivity index (χ1) is 12.3. The molecule has 25 heavy (non-hydrogen) atoms. The van der Waals surface area contributed by atoms with Crippen molar-refractivity contribution in [3.05, 3.63) is 0 Å². The highest BCUT2D eigenvalue weighted by molar-refractivity contribution is 4.54. The van der Waals surface area contributed by atoms with Crippen LogP contribution in [-0.2, 0) is 0 Å². The summed E-state index contributed by atoms with van der Waals surface area (Å²) in [6.07, 6.45) is 25.1. The minimum Gasteiger partial charge on any atom is -0.396 e. The fourth-order valence-corrected chi connectivity index (χ4v) is 3.54. The summed E-state index contributed by atoms with van der Waals surface area (Å²) in [4.78, 5) is 2.42. The highest BCUT2D eigenvalue weighted by Gasteiger charge is 1.98. The van der Waals surface area contributed by atoms with Crippen LogP contribution in [0, 0.1) is 0 Å². The minimum atomic E-state index is 0.340. The zero-order valence-corrected chi connectivity index (χ0v) is 17.7. The van der Waals surface area contributed by atoms with Crippen LogP contribution in [0.4, 0.5) is 0 Å². The van der Waals surface area contributed by atoms with Crippen LogP contribution in [-0.4, -0.2) is 36.8 Å². The number of aliphatic hydroxyl groups excluding tert-OH is 1. The molecule has 0 aromatic heterocycles. The van der Waals surface area contributed by atoms with E-state index in [4.69, 9.17) is 5.11 Å². The summed E-state index contributed by atoms with van der Waals surface area (Å²) >= 11 is 0. The van der Waals surface area contributed by atoms with Gasteiger partial charge in [-0.3, -0.25) is 0 Å². The van der Waals surface area contributed by atoms with Crippen molar-refractivity contribution in [3.63, 3.8) is 0 Å². The van der Waals surface area contributed by atoms with Crippen LogP contribution in [0.1, 0.15) is 122 Å². The van der Waals surface area contributed by atoms with Gasteiger partial charge in [0.25, 0.3) is 0 Å². The summed E-state index contributed by atoms with van der Waals surface area (Å²) in [5.41, 5.74) is 0. The van der Waals surface area contributed by atoms with Gasteiger partial charge in [-0.25, -0.2) is 0 Å². The third-order valence-corrected chi connectivity index (χ3v) is 5.34. The smallest absolute Gasteiger partial charge is 0.0431 e. The van der Waals surface area contributed by atoms with Crippen molar-refractivity contribution >= 4 is 0 Å². The van der Waals surface area contributed by atoms with Crippen molar-refractivity contribution < 1.29 is 5.11 Å². The second-order valence-electron chi connectivity index (χ2n) is 8.04. The summed E-state index contributed by atoms with van der Waals surface area (Å²) in [5, 5.41) is 8.79. The van der Waals surface area contributed by atoms with Gasteiger partial charge in [-0.2, -0.15) is 0 Å². The van der Waals surface area contributed by atoms with Gasteiger partial charge in [-0.1, -0.05) is 103 Å². The van der Waals surface area contributed by atoms with Gasteiger partial charge >= 0.3 is 0 Å². The molecule has 0 fully saturated rings. The van der Waals surface area contributed by atoms with E-state index < -0.39 is 0 Å². The maximum Gasteiger partial charge on any atom is 0.0431 e. The van der Waals surface area contributed by atoms with Crippen LogP contribution in [0.5, 0.6) is 0 Å². The molecular weight excluding hydrogens is 306 g/mol. The molecule has 0 aliphatic carbocycles. The molecule has 2 heteroatoms. The Morgan fingerprint density at radius 2 is 0.800 bits per heavy atom. The summed E-state index contributed by atoms with van der Waals surface area (Å²) in [6.45, 7) is 5.00. The highest BCUT2D eigenvalue weighted by Crippen LogP contribution is 2.13. The summed E-state index contributed by atoms with van der Waals surface area (Å²) < 4.78 is 0. The van der Waals surface area contributed by atoms with Crippen molar-refractivity contribution in [2.45, 2.75) is 122 Å². The van der Waals surface area contributed by atoms with E-state index >= 15 is 0 Å². The molecule has 0 rings (SSSR count). The number of nitrogens with zero attached hydrogens (tertiary/aromatic N) is 1. The Labute approximate surface area is 159 Å². The van der Waals surface area contributed by atoms with Gasteiger partial charge in [0.15, 0.2) is 0 Å². The average molecular weight is 356 g/mol. The standard InChI is InChI=1S/C23H49NO/c1-3-4-5-6-7-8-9-10-11-12-13-14-15-16-17-18-21-24(2)22-19-20-23-25/h25H,3-23H2,1-2H3. The van der Waals surface area contributed by atoms with E-state index in [0.29, 0.717) is 6.61 Å². The fourth-order valence-electron chi connectivity index (χ4n) is 3.54. The van der Waals surface area contributed by atoms with Crippen LogP contribution >= 0.6 is 0 Å². The van der Waals surface area contributed by atoms with E-state index in [2.05, 4.69) is 18.9 Å². The van der Waals surface area contributed by atoms with Crippen LogP contribution in [0.2, 0.25) is 0 Å². The van der Waals surface area contributed by atoms with E-state index in [1.165, 1.54) is 109 Å². The van der Waals surface area contributed by atoms with E-state index in [-0.39, 0.29) is 0 Å². The quantitative estimate of drug-likeness (QED) is 0.225. The molecule has 0 saturated carbocycles. The molecule has 0 heterocycles. The number of hydrogen-bond acceptors (Lipinski definition) is 2. The maximum absolute atomic E-state index is 8.79. The number of rotatable bonds is 21. The van der Waals surface area contributed by atoms with Crippen LogP contribution < -0.4 is 0 Å². The van der Waals surface area contributed by atoms with Crippen molar-refractivity contribution in [1.29, 1.82) is 0 Å². The van der Waals surface area contributed by atoms with Crippen LogP contribution in [0.3, 0.4) is 0 Å². The lowest BCUT2D eigenvalue weighted by Crippen LogP contribution is -2.21. The van der Waals surface area contributed by atoms with Crippen molar-refractivity contribution in [1.82, 2.24) is 4.90 Å². The number of aliphatic hydroxyl groups is 1. The Morgan fingerprint density at radius 1 is 0.480 bits per heavy atom. The largest absolute Gasteiger partial charge is 0.396 e. The first-order valence-electron chi connectivity index (χ1n) is 11.6. The lowest BCUT2D eigenvalue weighted by molar-refractivity contribution is 0.261. The molecule has 0 unspecified atom stereocenters. The molecule has 2 nitrogen and oxygen atoms in total. The van der Waals surface area contributed by atoms with Crippen molar-refractivity contribution in [2.24, 2.45) is 0 Å². The summed E-state index contributed by atoms with van der Waals surface area (Å²) in [6, 6.07) is 0. The first-order valence-corrected chi connectivity index (χ1v) is 11.6. The molecule has 0 aromatic rings. The Kier molecular flexibility index (Phi) is 21.9. The summed E-state index contributed by atoms with van der Waals surface area (Å²) in [5.74, 6) is 0. The van der Waals surface area contributed by atoms with E-state index in [1.807, 2.05) is 0 Å². The minimum absolute atomic E-state index is 0.340. The summed E-state index contributed by atoms with van der Waals surface area (Å²) in [7, 11) is 2.21. The van der Waals surface area contributed by atoms with Crippen LogP contribution in [0.25, 0.3) is 0 Å². The van der Waals surface area contributed by atoms with Gasteiger partial charge in [-0.05, 0) is 39.4 Å². The van der Waals surface area contributed by atoms with E-state index in [1.54, 1.807) is 0 Å². The van der Waals surface area contributed by atoms with Gasteiger partial charge in [0.05, 0.1) is 0 Å². The van der Waals surface area contributed by atoms with Gasteiger partial charge in [0, 0.05) is 6.61 Å². The first kappa shape index (κ1) is 24.9. The lowest BCUT2D eigenvalue weighted by Gasteiger charge is -2.15. The fraction of sp³-hybridized carbons (Fsp3) is 1.00. The molecule has 0 aromatic carbocycles. The Hall–Kier alpha value is -0.0800. The van der Waals surface area contributed by atoms with Gasteiger partial charge in [-0.15, -0.1) is 0 Å². The zero-order chi connectivity index (χ0) is 18.4. The van der Waals surface area contributed by atoms with E-state index in [9.17, 15) is 0 Å². The molecule has 1 N–H and O–H groups in total. The molecule has 0 amide bonds. The second-order valence-corrected chi connectivity index (χ2v) is 8.04. The van der Waals surface area contributed by atoms with Crippen molar-refractivity contribution in [2.75, 3.05) is 26.7 Å². The predicted octanol–water partition coefficient (Wildman–Crippen LogP) is 6.95. The molecule has 0 radical (unpaired) electrons. The van der Waals surface area contributed by atoms with Gasteiger partial charge in [0.1, 0.15) is 0 Å². The van der Waals surface area contributed by atoms with Crippen LogP contribution in [0.15, 0.2) is 0 Å². The van der Waals surface area contributed by atoms with Gasteiger partial charge in [0.2, 0.25) is 0 Å². The van der Waals surface area contributed by atoms with E-state index in [0.717, 1.165) is 19.4 Å². The third kappa shape index (κ3) is 21.9. The maximum atomic E-state index is 8.79. The molecule has 0 saturated heterocycles. The predicted molar refractivity (Wildman–Crippen MR) is 113 cm³/mol. The van der Waals surface area contributed by atoms with Gasteiger partial charge < -0.3 is 10.0 Å². The Balaban J connectivity index is 3.05. The Morgan fingerprint density at radius 3 is 1.16 bits per heavy atom. The number of hydrogen-bond donors (Lipinski definition) is 1. The average Bonchev–Trinajstić information content (AvgIpc) is 2.61. The molecule has 152 valence electrons. The molecule has 0 aliphatic rings. The molecule has 0 bridgehead atoms.